The maximum atomic E-state index is 4.43. The van der Waals surface area contributed by atoms with E-state index >= 15 is 0 Å². The predicted octanol–water partition coefficient (Wildman–Crippen LogP) is 10.9. The Labute approximate surface area is 305 Å². The first-order valence-corrected chi connectivity index (χ1v) is 18.6. The minimum atomic E-state index is -0.502. The summed E-state index contributed by atoms with van der Waals surface area (Å²) in [5.41, 5.74) is 13.2. The number of rotatable bonds is 3. The minimum Gasteiger partial charge on any atom is -0.309 e. The summed E-state index contributed by atoms with van der Waals surface area (Å²) in [5, 5.41) is 5.80. The summed E-state index contributed by atoms with van der Waals surface area (Å²) in [6, 6.07) is 58.5. The highest BCUT2D eigenvalue weighted by molar-refractivity contribution is 7.99. The van der Waals surface area contributed by atoms with Crippen LogP contribution in [0.2, 0.25) is 0 Å². The van der Waals surface area contributed by atoms with Crippen molar-refractivity contribution in [3.63, 3.8) is 0 Å². The summed E-state index contributed by atoms with van der Waals surface area (Å²) in [6.45, 7) is 8.42. The highest BCUT2D eigenvalue weighted by atomic mass is 32.2. The van der Waals surface area contributed by atoms with Gasteiger partial charge in [-0.3, -0.25) is 0 Å². The first kappa shape index (κ1) is 29.4. The van der Waals surface area contributed by atoms with Crippen LogP contribution < -0.4 is 10.6 Å². The normalized spacial score (nSPS) is 16.0. The third-order valence-corrected chi connectivity index (χ3v) is 12.4. The van der Waals surface area contributed by atoms with Gasteiger partial charge in [0, 0.05) is 36.9 Å². The van der Waals surface area contributed by atoms with Crippen LogP contribution in [0.4, 0.5) is 0 Å². The summed E-state index contributed by atoms with van der Waals surface area (Å²) < 4.78 is 4.80. The molecular formula is C49H32N2S. The van der Waals surface area contributed by atoms with Gasteiger partial charge < -0.3 is 9.13 Å². The van der Waals surface area contributed by atoms with Gasteiger partial charge in [-0.15, -0.1) is 0 Å². The van der Waals surface area contributed by atoms with Crippen molar-refractivity contribution in [1.82, 2.24) is 9.13 Å². The van der Waals surface area contributed by atoms with E-state index in [4.69, 9.17) is 0 Å². The molecule has 1 atom stereocenters. The third-order valence-electron chi connectivity index (χ3n) is 11.3. The molecule has 1 spiro atoms. The van der Waals surface area contributed by atoms with E-state index in [1.807, 2.05) is 17.8 Å². The van der Waals surface area contributed by atoms with Gasteiger partial charge in [0.1, 0.15) is 0 Å². The molecule has 0 radical (unpaired) electrons. The SMILES string of the molecule is C=C/C=c1\c(=C)c2ccccc2n1-c1ccc(-c2ccc3c(c2)C2(c4ccccc4S3)c3ccccc3-n3c4ccccc4c4cccc2c43)cc1. The Morgan fingerprint density at radius 1 is 0.519 bits per heavy atom. The fraction of sp³-hybridized carbons (Fsp3) is 0.0204. The summed E-state index contributed by atoms with van der Waals surface area (Å²) >= 11 is 1.89. The van der Waals surface area contributed by atoms with E-state index in [1.54, 1.807) is 0 Å². The van der Waals surface area contributed by atoms with E-state index in [9.17, 15) is 0 Å². The molecule has 0 saturated carbocycles. The van der Waals surface area contributed by atoms with E-state index in [-0.39, 0.29) is 0 Å². The number of aromatic nitrogens is 2. The van der Waals surface area contributed by atoms with Gasteiger partial charge >= 0.3 is 0 Å². The van der Waals surface area contributed by atoms with Crippen molar-refractivity contribution in [3.8, 4) is 22.5 Å². The van der Waals surface area contributed by atoms with Crippen molar-refractivity contribution >= 4 is 57.1 Å². The molecular weight excluding hydrogens is 649 g/mol. The van der Waals surface area contributed by atoms with Crippen LogP contribution in [0, 0.1) is 0 Å². The van der Waals surface area contributed by atoms with E-state index in [2.05, 4.69) is 186 Å². The number of fused-ring (bicyclic) bond motifs is 12. The maximum absolute atomic E-state index is 4.43. The summed E-state index contributed by atoms with van der Waals surface area (Å²) in [6.07, 6.45) is 3.90. The lowest BCUT2D eigenvalue weighted by molar-refractivity contribution is 0.690. The lowest BCUT2D eigenvalue weighted by atomic mass is 9.62. The second-order valence-electron chi connectivity index (χ2n) is 13.8. The van der Waals surface area contributed by atoms with Crippen LogP contribution >= 0.6 is 11.8 Å². The van der Waals surface area contributed by atoms with Gasteiger partial charge in [0.2, 0.25) is 0 Å². The Kier molecular flexibility index (Phi) is 6.15. The number of allylic oxidation sites excluding steroid dienone is 1. The molecule has 244 valence electrons. The third kappa shape index (κ3) is 3.76. The molecule has 7 aromatic carbocycles. The Bertz CT molecular complexity index is 3090. The van der Waals surface area contributed by atoms with Crippen molar-refractivity contribution in [1.29, 1.82) is 0 Å². The van der Waals surface area contributed by atoms with E-state index < -0.39 is 5.41 Å². The van der Waals surface area contributed by atoms with Crippen molar-refractivity contribution in [2.75, 3.05) is 0 Å². The average Bonchev–Trinajstić information content (AvgIpc) is 3.69. The fourth-order valence-corrected chi connectivity index (χ4v) is 10.4. The standard InChI is InChI=1S/C49H32N2S/c1-3-13-42-31(2)35-14-4-8-20-43(35)50(42)34-27-24-32(25-28-34)33-26-29-47-41(30-33)49(39-18-7-11-23-46(39)52-47)38-17-6-10-22-45(38)51-44-21-9-5-15-36(44)37-16-12-19-40(49)48(37)51/h3-30H,1-2H2/b42-13+. The van der Waals surface area contributed by atoms with Crippen LogP contribution in [0.15, 0.2) is 180 Å². The van der Waals surface area contributed by atoms with Gasteiger partial charge in [-0.25, -0.2) is 0 Å². The van der Waals surface area contributed by atoms with Crippen LogP contribution in [-0.2, 0) is 5.41 Å². The van der Waals surface area contributed by atoms with E-state index in [1.165, 1.54) is 70.7 Å². The molecule has 2 aliphatic rings. The first-order chi connectivity index (χ1) is 25.7. The first-order valence-electron chi connectivity index (χ1n) is 17.7. The molecule has 4 heterocycles. The van der Waals surface area contributed by atoms with Crippen LogP contribution in [0.1, 0.15) is 22.3 Å². The maximum Gasteiger partial charge on any atom is 0.0764 e. The van der Waals surface area contributed by atoms with Crippen LogP contribution in [0.25, 0.3) is 67.9 Å². The Hall–Kier alpha value is -6.29. The topological polar surface area (TPSA) is 9.86 Å². The van der Waals surface area contributed by atoms with Gasteiger partial charge in [-0.05, 0) is 88.0 Å². The fourth-order valence-electron chi connectivity index (χ4n) is 9.20. The minimum absolute atomic E-state index is 0.502. The molecule has 11 rings (SSSR count). The van der Waals surface area contributed by atoms with Gasteiger partial charge in [0.25, 0.3) is 0 Å². The average molecular weight is 681 g/mol. The zero-order valence-electron chi connectivity index (χ0n) is 28.4. The molecule has 0 aliphatic carbocycles. The van der Waals surface area contributed by atoms with Crippen LogP contribution in [0.5, 0.6) is 0 Å². The van der Waals surface area contributed by atoms with E-state index in [0.29, 0.717) is 0 Å². The highest BCUT2D eigenvalue weighted by Crippen LogP contribution is 2.60. The highest BCUT2D eigenvalue weighted by Gasteiger charge is 2.49. The second-order valence-corrected chi connectivity index (χ2v) is 14.9. The molecule has 1 unspecified atom stereocenters. The van der Waals surface area contributed by atoms with Crippen LogP contribution in [0.3, 0.4) is 0 Å². The second kappa shape index (κ2) is 10.9. The molecule has 9 aromatic rings. The van der Waals surface area contributed by atoms with Crippen molar-refractivity contribution in [2.45, 2.75) is 15.2 Å². The Morgan fingerprint density at radius 3 is 1.98 bits per heavy atom. The van der Waals surface area contributed by atoms with E-state index in [0.717, 1.165) is 27.2 Å². The molecule has 2 nitrogen and oxygen atoms in total. The number of nitrogens with zero attached hydrogens (tertiary/aromatic N) is 2. The predicted molar refractivity (Wildman–Crippen MR) is 218 cm³/mol. The summed E-state index contributed by atoms with van der Waals surface area (Å²) in [4.78, 5) is 2.60. The molecule has 2 aliphatic heterocycles. The summed E-state index contributed by atoms with van der Waals surface area (Å²) in [7, 11) is 0. The molecule has 0 fully saturated rings. The number of hydrogen-bond acceptors (Lipinski definition) is 1. The van der Waals surface area contributed by atoms with Gasteiger partial charge in [0.15, 0.2) is 0 Å². The lowest BCUT2D eigenvalue weighted by Crippen LogP contribution is -2.37. The van der Waals surface area contributed by atoms with Gasteiger partial charge in [-0.1, -0.05) is 140 Å². The van der Waals surface area contributed by atoms with Crippen molar-refractivity contribution < 1.29 is 0 Å². The smallest absolute Gasteiger partial charge is 0.0764 e. The van der Waals surface area contributed by atoms with Crippen molar-refractivity contribution in [3.05, 3.63) is 203 Å². The zero-order valence-corrected chi connectivity index (χ0v) is 29.2. The van der Waals surface area contributed by atoms with Crippen molar-refractivity contribution in [2.24, 2.45) is 0 Å². The molecule has 0 saturated heterocycles. The number of para-hydroxylation sites is 4. The zero-order chi connectivity index (χ0) is 34.6. The molecule has 52 heavy (non-hydrogen) atoms. The molecule has 0 amide bonds. The quantitative estimate of drug-likeness (QED) is 0.181. The summed E-state index contributed by atoms with van der Waals surface area (Å²) in [5.74, 6) is 0. The van der Waals surface area contributed by atoms with Gasteiger partial charge in [-0.2, -0.15) is 0 Å². The number of hydrogen-bond donors (Lipinski definition) is 0. The lowest BCUT2D eigenvalue weighted by Gasteiger charge is -2.45. The Balaban J connectivity index is 1.17. The molecule has 0 bridgehead atoms. The Morgan fingerprint density at radius 2 is 1.15 bits per heavy atom. The monoisotopic (exact) mass is 680 g/mol. The number of benzene rings is 7. The van der Waals surface area contributed by atoms with Gasteiger partial charge in [0.05, 0.1) is 33.0 Å². The molecule has 0 N–H and O–H groups in total. The molecule has 2 aromatic heterocycles. The van der Waals surface area contributed by atoms with Crippen LogP contribution in [-0.4, -0.2) is 9.13 Å². The largest absolute Gasteiger partial charge is 0.309 e. The molecule has 3 heteroatoms.